The second-order valence-corrected chi connectivity index (χ2v) is 9.01. The molecule has 1 saturated carbocycles. The van der Waals surface area contributed by atoms with Gasteiger partial charge in [0, 0.05) is 48.8 Å². The summed E-state index contributed by atoms with van der Waals surface area (Å²) in [6.07, 6.45) is 11.3. The van der Waals surface area contributed by atoms with E-state index in [0.717, 1.165) is 36.5 Å². The van der Waals surface area contributed by atoms with Crippen LogP contribution in [0.3, 0.4) is 0 Å². The van der Waals surface area contributed by atoms with E-state index in [4.69, 9.17) is 10.7 Å². The number of nitrogens with two attached hydrogens (primary N) is 1. The van der Waals surface area contributed by atoms with Crippen molar-refractivity contribution in [3.8, 4) is 0 Å². The predicted molar refractivity (Wildman–Crippen MR) is 120 cm³/mol. The Labute approximate surface area is 184 Å². The molecule has 4 rings (SSSR count). The van der Waals surface area contributed by atoms with Crippen molar-refractivity contribution in [2.24, 2.45) is 5.73 Å². The average molecular weight is 424 g/mol. The minimum absolute atomic E-state index is 0.0777. The van der Waals surface area contributed by atoms with Gasteiger partial charge in [-0.05, 0) is 43.7 Å². The Hall–Kier alpha value is -2.58. The second-order valence-electron chi connectivity index (χ2n) is 9.01. The minimum Gasteiger partial charge on any atom is -0.326 e. The molecule has 166 valence electrons. The van der Waals surface area contributed by atoms with Gasteiger partial charge in [-0.15, -0.1) is 0 Å². The summed E-state index contributed by atoms with van der Waals surface area (Å²) in [4.78, 5) is 26.0. The van der Waals surface area contributed by atoms with Crippen LogP contribution >= 0.6 is 0 Å². The standard InChI is InChI=1S/C23H33N7O/c1-16(2)21-10-20(11-22(27-21)17-6-3-4-7-17)30(29-9-5-8-19(24)14-29)28-23(31)18-12-25-15-26-13-18/h10-13,15-17,19H,3-9,14,24H2,1-2H3,(H,28,31)/t19-/m0/s1. The number of hydrazine groups is 2. The third-order valence-electron chi connectivity index (χ3n) is 6.21. The molecular formula is C23H33N7O. The van der Waals surface area contributed by atoms with E-state index in [1.807, 2.05) is 5.12 Å². The molecule has 0 bridgehead atoms. The fraction of sp³-hybridized carbons (Fsp3) is 0.565. The summed E-state index contributed by atoms with van der Waals surface area (Å²) in [5, 5.41) is 4.01. The molecule has 0 aromatic carbocycles. The van der Waals surface area contributed by atoms with E-state index in [1.54, 1.807) is 0 Å². The number of nitrogens with zero attached hydrogens (tertiary/aromatic N) is 5. The topological polar surface area (TPSA) is 100 Å². The molecule has 2 fully saturated rings. The largest absolute Gasteiger partial charge is 0.326 e. The first kappa shape index (κ1) is 21.6. The van der Waals surface area contributed by atoms with Crippen molar-refractivity contribution in [3.05, 3.63) is 47.8 Å². The predicted octanol–water partition coefficient (Wildman–Crippen LogP) is 3.14. The van der Waals surface area contributed by atoms with Gasteiger partial charge in [-0.25, -0.2) is 25.5 Å². The molecule has 2 aliphatic rings. The third kappa shape index (κ3) is 5.19. The van der Waals surface area contributed by atoms with Crippen molar-refractivity contribution in [2.45, 2.75) is 70.3 Å². The zero-order valence-corrected chi connectivity index (χ0v) is 18.5. The van der Waals surface area contributed by atoms with Crippen molar-refractivity contribution >= 4 is 11.6 Å². The molecule has 0 unspecified atom stereocenters. The van der Waals surface area contributed by atoms with E-state index in [-0.39, 0.29) is 11.9 Å². The SMILES string of the molecule is CC(C)c1cc(N(NC(=O)c2cncnc2)N2CCC[C@H](N)C2)cc(C2CCCC2)n1. The first-order valence-electron chi connectivity index (χ1n) is 11.4. The first-order valence-corrected chi connectivity index (χ1v) is 11.4. The zero-order valence-electron chi connectivity index (χ0n) is 18.5. The molecule has 31 heavy (non-hydrogen) atoms. The number of carbonyl (C=O) groups excluding carboxylic acids is 1. The Balaban J connectivity index is 1.70. The van der Waals surface area contributed by atoms with Gasteiger partial charge < -0.3 is 5.73 Å². The second kappa shape index (κ2) is 9.70. The van der Waals surface area contributed by atoms with Gasteiger partial charge in [0.25, 0.3) is 5.91 Å². The molecule has 2 aromatic rings. The number of hydrogen-bond acceptors (Lipinski definition) is 7. The van der Waals surface area contributed by atoms with Gasteiger partial charge in [-0.2, -0.15) is 0 Å². The lowest BCUT2D eigenvalue weighted by Crippen LogP contribution is -2.58. The van der Waals surface area contributed by atoms with E-state index in [1.165, 1.54) is 44.4 Å². The van der Waals surface area contributed by atoms with Crippen LogP contribution < -0.4 is 16.3 Å². The molecule has 1 aliphatic carbocycles. The Morgan fingerprint density at radius 2 is 1.90 bits per heavy atom. The van der Waals surface area contributed by atoms with Crippen LogP contribution in [0.5, 0.6) is 0 Å². The number of carbonyl (C=O) groups is 1. The molecule has 1 atom stereocenters. The van der Waals surface area contributed by atoms with Crippen LogP contribution in [0, 0.1) is 0 Å². The van der Waals surface area contributed by atoms with Crippen molar-refractivity contribution < 1.29 is 4.79 Å². The number of amides is 1. The summed E-state index contributed by atoms with van der Waals surface area (Å²) < 4.78 is 0. The minimum atomic E-state index is -0.245. The van der Waals surface area contributed by atoms with Gasteiger partial charge in [0.15, 0.2) is 0 Å². The summed E-state index contributed by atoms with van der Waals surface area (Å²) in [7, 11) is 0. The molecule has 2 aromatic heterocycles. The van der Waals surface area contributed by atoms with Crippen LogP contribution in [0.15, 0.2) is 30.9 Å². The smallest absolute Gasteiger partial charge is 0.274 e. The van der Waals surface area contributed by atoms with Crippen LogP contribution in [0.1, 0.15) is 86.0 Å². The van der Waals surface area contributed by atoms with E-state index < -0.39 is 0 Å². The molecule has 8 heteroatoms. The lowest BCUT2D eigenvalue weighted by Gasteiger charge is -2.40. The summed E-state index contributed by atoms with van der Waals surface area (Å²) >= 11 is 0. The molecule has 8 nitrogen and oxygen atoms in total. The maximum Gasteiger partial charge on any atom is 0.274 e. The number of pyridine rings is 1. The third-order valence-corrected chi connectivity index (χ3v) is 6.21. The summed E-state index contributed by atoms with van der Waals surface area (Å²) in [5.41, 5.74) is 12.9. The highest BCUT2D eigenvalue weighted by Gasteiger charge is 2.27. The van der Waals surface area contributed by atoms with Crippen molar-refractivity contribution in [1.82, 2.24) is 25.4 Å². The number of hydrogen-bond donors (Lipinski definition) is 2. The molecule has 0 spiro atoms. The normalized spacial score (nSPS) is 20.2. The lowest BCUT2D eigenvalue weighted by atomic mass is 10.0. The molecule has 3 heterocycles. The molecule has 3 N–H and O–H groups in total. The number of rotatable bonds is 6. The maximum atomic E-state index is 13.0. The fourth-order valence-corrected chi connectivity index (χ4v) is 4.45. The van der Waals surface area contributed by atoms with E-state index >= 15 is 0 Å². The molecule has 1 amide bonds. The van der Waals surface area contributed by atoms with E-state index in [0.29, 0.717) is 23.9 Å². The Kier molecular flexibility index (Phi) is 6.77. The number of anilines is 1. The van der Waals surface area contributed by atoms with Crippen LogP contribution in [-0.2, 0) is 0 Å². The van der Waals surface area contributed by atoms with Gasteiger partial charge in [-0.1, -0.05) is 26.7 Å². The van der Waals surface area contributed by atoms with Crippen LogP contribution in [0.25, 0.3) is 0 Å². The van der Waals surface area contributed by atoms with Gasteiger partial charge in [0.1, 0.15) is 6.33 Å². The van der Waals surface area contributed by atoms with Crippen molar-refractivity contribution in [2.75, 3.05) is 18.2 Å². The molecule has 1 aliphatic heterocycles. The summed E-state index contributed by atoms with van der Waals surface area (Å²) in [6.45, 7) is 5.83. The number of aromatic nitrogens is 3. The molecular weight excluding hydrogens is 390 g/mol. The highest BCUT2D eigenvalue weighted by atomic mass is 16.2. The van der Waals surface area contributed by atoms with E-state index in [2.05, 4.69) is 46.4 Å². The number of piperidine rings is 1. The highest BCUT2D eigenvalue weighted by molar-refractivity contribution is 5.94. The monoisotopic (exact) mass is 423 g/mol. The van der Waals surface area contributed by atoms with Crippen LogP contribution in [-0.4, -0.2) is 45.0 Å². The van der Waals surface area contributed by atoms with E-state index in [9.17, 15) is 4.79 Å². The van der Waals surface area contributed by atoms with Gasteiger partial charge in [-0.3, -0.25) is 9.78 Å². The first-order chi connectivity index (χ1) is 15.0. The van der Waals surface area contributed by atoms with Gasteiger partial charge in [0.05, 0.1) is 11.3 Å². The Morgan fingerprint density at radius 3 is 2.58 bits per heavy atom. The van der Waals surface area contributed by atoms with Gasteiger partial charge >= 0.3 is 0 Å². The quantitative estimate of drug-likeness (QED) is 0.689. The van der Waals surface area contributed by atoms with Crippen LogP contribution in [0.4, 0.5) is 5.69 Å². The summed E-state index contributed by atoms with van der Waals surface area (Å²) in [5.74, 6) is 0.537. The Morgan fingerprint density at radius 1 is 1.16 bits per heavy atom. The van der Waals surface area contributed by atoms with Gasteiger partial charge in [0.2, 0.25) is 0 Å². The number of nitrogens with one attached hydrogen (secondary N) is 1. The van der Waals surface area contributed by atoms with Crippen molar-refractivity contribution in [1.29, 1.82) is 0 Å². The fourth-order valence-electron chi connectivity index (χ4n) is 4.45. The average Bonchev–Trinajstić information content (AvgIpc) is 3.32. The van der Waals surface area contributed by atoms with Crippen molar-refractivity contribution in [3.63, 3.8) is 0 Å². The molecule has 1 saturated heterocycles. The van der Waals surface area contributed by atoms with Crippen LogP contribution in [0.2, 0.25) is 0 Å². The summed E-state index contributed by atoms with van der Waals surface area (Å²) in [6, 6.07) is 4.31. The molecule has 0 radical (unpaired) electrons. The lowest BCUT2D eigenvalue weighted by molar-refractivity contribution is 0.0879. The zero-order chi connectivity index (χ0) is 21.8. The highest BCUT2D eigenvalue weighted by Crippen LogP contribution is 2.36. The maximum absolute atomic E-state index is 13.0. The Bertz CT molecular complexity index is 883.